The van der Waals surface area contributed by atoms with Gasteiger partial charge in [0.05, 0.1) is 17.9 Å². The molecule has 0 aliphatic carbocycles. The molecule has 0 fully saturated rings. The number of rotatable bonds is 10. The third-order valence-corrected chi connectivity index (χ3v) is 4.38. The van der Waals surface area contributed by atoms with Crippen LogP contribution in [0.2, 0.25) is 0 Å². The van der Waals surface area contributed by atoms with Gasteiger partial charge >= 0.3 is 0 Å². The van der Waals surface area contributed by atoms with Crippen molar-refractivity contribution in [2.24, 2.45) is 0 Å². The predicted molar refractivity (Wildman–Crippen MR) is 101 cm³/mol. The van der Waals surface area contributed by atoms with Gasteiger partial charge in [-0.3, -0.25) is 0 Å². The van der Waals surface area contributed by atoms with Gasteiger partial charge in [-0.2, -0.15) is 5.26 Å². The van der Waals surface area contributed by atoms with Gasteiger partial charge in [0.2, 0.25) is 10.0 Å². The van der Waals surface area contributed by atoms with E-state index < -0.39 is 10.0 Å². The van der Waals surface area contributed by atoms with Crippen LogP contribution in [0.25, 0.3) is 0 Å². The topological polar surface area (TPSA) is 91.2 Å². The van der Waals surface area contributed by atoms with Crippen molar-refractivity contribution in [1.29, 1.82) is 5.26 Å². The lowest BCUT2D eigenvalue weighted by atomic mass is 10.1. The van der Waals surface area contributed by atoms with E-state index in [4.69, 9.17) is 10.00 Å². The molecule has 0 aromatic heterocycles. The van der Waals surface area contributed by atoms with E-state index in [9.17, 15) is 8.42 Å². The fraction of sp³-hybridized carbons (Fsp3) is 0.316. The maximum Gasteiger partial charge on any atom is 0.208 e. The molecule has 26 heavy (non-hydrogen) atoms. The minimum atomic E-state index is -3.12. The second-order valence-corrected chi connectivity index (χ2v) is 7.73. The van der Waals surface area contributed by atoms with E-state index in [1.54, 1.807) is 6.07 Å². The Morgan fingerprint density at radius 2 is 1.92 bits per heavy atom. The summed E-state index contributed by atoms with van der Waals surface area (Å²) in [4.78, 5) is 0. The average Bonchev–Trinajstić information content (AvgIpc) is 2.62. The summed E-state index contributed by atoms with van der Waals surface area (Å²) in [5.41, 5.74) is 2.55. The zero-order valence-electron chi connectivity index (χ0n) is 14.7. The first-order valence-corrected chi connectivity index (χ1v) is 10.2. The molecule has 2 aromatic rings. The number of hydrogen-bond acceptors (Lipinski definition) is 5. The third-order valence-electron chi connectivity index (χ3n) is 3.65. The Balaban J connectivity index is 1.78. The Morgan fingerprint density at radius 3 is 2.69 bits per heavy atom. The van der Waals surface area contributed by atoms with Crippen LogP contribution in [0.15, 0.2) is 48.5 Å². The Morgan fingerprint density at radius 1 is 1.12 bits per heavy atom. The lowest BCUT2D eigenvalue weighted by Crippen LogP contribution is -2.26. The molecule has 0 atom stereocenters. The van der Waals surface area contributed by atoms with Crippen LogP contribution >= 0.6 is 0 Å². The predicted octanol–water partition coefficient (Wildman–Crippen LogP) is 2.17. The van der Waals surface area contributed by atoms with E-state index >= 15 is 0 Å². The lowest BCUT2D eigenvalue weighted by Gasteiger charge is -2.10. The summed E-state index contributed by atoms with van der Waals surface area (Å²) < 4.78 is 30.2. The Kier molecular flexibility index (Phi) is 7.60. The molecule has 0 bridgehead atoms. The first-order valence-electron chi connectivity index (χ1n) is 8.33. The van der Waals surface area contributed by atoms with E-state index in [2.05, 4.69) is 16.1 Å². The van der Waals surface area contributed by atoms with Crippen molar-refractivity contribution in [3.63, 3.8) is 0 Å². The summed E-state index contributed by atoms with van der Waals surface area (Å²) in [5, 5.41) is 12.4. The van der Waals surface area contributed by atoms with Gasteiger partial charge in [0.1, 0.15) is 12.4 Å². The van der Waals surface area contributed by atoms with Crippen molar-refractivity contribution in [3.05, 3.63) is 65.2 Å². The summed E-state index contributed by atoms with van der Waals surface area (Å²) >= 11 is 0. The van der Waals surface area contributed by atoms with Crippen molar-refractivity contribution in [2.45, 2.75) is 19.6 Å². The molecule has 2 N–H and O–H groups in total. The van der Waals surface area contributed by atoms with E-state index in [0.29, 0.717) is 38.2 Å². The molecule has 7 heteroatoms. The molecule has 0 aliphatic rings. The smallest absolute Gasteiger partial charge is 0.208 e. The molecule has 0 aliphatic heterocycles. The molecule has 138 valence electrons. The van der Waals surface area contributed by atoms with Crippen LogP contribution in [0.4, 0.5) is 0 Å². The molecular formula is C19H23N3O3S. The molecule has 2 rings (SSSR count). The lowest BCUT2D eigenvalue weighted by molar-refractivity contribution is 0.305. The van der Waals surface area contributed by atoms with Gasteiger partial charge in [0, 0.05) is 18.7 Å². The normalized spacial score (nSPS) is 11.1. The van der Waals surface area contributed by atoms with Gasteiger partial charge in [-0.25, -0.2) is 13.1 Å². The average molecular weight is 373 g/mol. The SMILES string of the molecule is CS(=O)(=O)NCCCNCc1cccc(OCc2ccccc2C#N)c1. The van der Waals surface area contributed by atoms with E-state index in [-0.39, 0.29) is 0 Å². The van der Waals surface area contributed by atoms with E-state index in [1.807, 2.05) is 42.5 Å². The number of ether oxygens (including phenoxy) is 1. The highest BCUT2D eigenvalue weighted by molar-refractivity contribution is 7.88. The van der Waals surface area contributed by atoms with Gasteiger partial charge in [0.25, 0.3) is 0 Å². The van der Waals surface area contributed by atoms with Crippen LogP contribution in [-0.4, -0.2) is 27.8 Å². The second-order valence-electron chi connectivity index (χ2n) is 5.90. The summed E-state index contributed by atoms with van der Waals surface area (Å²) in [7, 11) is -3.12. The van der Waals surface area contributed by atoms with Crippen LogP contribution < -0.4 is 14.8 Å². The Labute approximate surface area is 154 Å². The fourth-order valence-electron chi connectivity index (χ4n) is 2.37. The number of hydrogen-bond donors (Lipinski definition) is 2. The zero-order chi connectivity index (χ0) is 18.8. The van der Waals surface area contributed by atoms with Crippen LogP contribution in [0.5, 0.6) is 5.75 Å². The van der Waals surface area contributed by atoms with Crippen LogP contribution in [0, 0.1) is 11.3 Å². The molecule has 0 unspecified atom stereocenters. The molecule has 2 aromatic carbocycles. The van der Waals surface area contributed by atoms with Gasteiger partial charge in [0.15, 0.2) is 0 Å². The molecule has 0 saturated heterocycles. The number of nitrogens with zero attached hydrogens (tertiary/aromatic N) is 1. The van der Waals surface area contributed by atoms with Crippen LogP contribution in [0.1, 0.15) is 23.1 Å². The van der Waals surface area contributed by atoms with Gasteiger partial charge in [-0.05, 0) is 36.7 Å². The molecule has 0 heterocycles. The number of nitrogens with one attached hydrogen (secondary N) is 2. The third kappa shape index (κ3) is 7.23. The minimum absolute atomic E-state index is 0.345. The maximum absolute atomic E-state index is 11.0. The summed E-state index contributed by atoms with van der Waals surface area (Å²) in [6, 6.07) is 17.3. The highest BCUT2D eigenvalue weighted by atomic mass is 32.2. The van der Waals surface area contributed by atoms with E-state index in [1.165, 1.54) is 0 Å². The highest BCUT2D eigenvalue weighted by Crippen LogP contribution is 2.16. The van der Waals surface area contributed by atoms with Gasteiger partial charge in [-0.1, -0.05) is 30.3 Å². The van der Waals surface area contributed by atoms with Gasteiger partial charge in [-0.15, -0.1) is 0 Å². The first-order chi connectivity index (χ1) is 12.5. The highest BCUT2D eigenvalue weighted by Gasteiger charge is 2.03. The molecular weight excluding hydrogens is 350 g/mol. The Bertz CT molecular complexity index is 860. The number of sulfonamides is 1. The molecule has 0 saturated carbocycles. The molecule has 0 spiro atoms. The zero-order valence-corrected chi connectivity index (χ0v) is 15.6. The quantitative estimate of drug-likeness (QED) is 0.623. The minimum Gasteiger partial charge on any atom is -0.489 e. The van der Waals surface area contributed by atoms with Crippen molar-refractivity contribution in [1.82, 2.24) is 10.0 Å². The summed E-state index contributed by atoms with van der Waals surface area (Å²) in [6.45, 7) is 2.15. The van der Waals surface area contributed by atoms with Gasteiger partial charge < -0.3 is 10.1 Å². The monoisotopic (exact) mass is 373 g/mol. The van der Waals surface area contributed by atoms with Crippen molar-refractivity contribution >= 4 is 10.0 Å². The van der Waals surface area contributed by atoms with Crippen LogP contribution in [0.3, 0.4) is 0 Å². The molecule has 0 amide bonds. The van der Waals surface area contributed by atoms with Crippen LogP contribution in [-0.2, 0) is 23.2 Å². The molecule has 0 radical (unpaired) electrons. The number of nitriles is 1. The largest absolute Gasteiger partial charge is 0.489 e. The molecule has 6 nitrogen and oxygen atoms in total. The summed E-state index contributed by atoms with van der Waals surface area (Å²) in [6.07, 6.45) is 1.87. The maximum atomic E-state index is 11.0. The van der Waals surface area contributed by atoms with E-state index in [0.717, 1.165) is 23.1 Å². The van der Waals surface area contributed by atoms with Crippen molar-refractivity contribution < 1.29 is 13.2 Å². The summed E-state index contributed by atoms with van der Waals surface area (Å²) in [5.74, 6) is 0.746. The van der Waals surface area contributed by atoms with Crippen molar-refractivity contribution in [2.75, 3.05) is 19.3 Å². The first kappa shape index (κ1) is 19.9. The Hall–Kier alpha value is -2.40. The number of benzene rings is 2. The standard InChI is InChI=1S/C19H23N3O3S/c1-26(23,24)22-11-5-10-21-14-16-6-4-9-19(12-16)25-15-18-8-3-2-7-17(18)13-20/h2-4,6-9,12,21-22H,5,10-11,14-15H2,1H3. The fourth-order valence-corrected chi connectivity index (χ4v) is 2.88. The second kappa shape index (κ2) is 9.92. The van der Waals surface area contributed by atoms with Crippen molar-refractivity contribution in [3.8, 4) is 11.8 Å².